The molecule has 1 heterocycles. The average Bonchev–Trinajstić information content (AvgIpc) is 2.46. The third-order valence-corrected chi connectivity index (χ3v) is 2.92. The zero-order valence-electron chi connectivity index (χ0n) is 11.5. The number of benzene rings is 1. The fraction of sp³-hybridized carbons (Fsp3) is 0.188. The summed E-state index contributed by atoms with van der Waals surface area (Å²) in [6, 6.07) is 7.42. The predicted octanol–water partition coefficient (Wildman–Crippen LogP) is 5.18. The molecule has 1 aromatic carbocycles. The lowest BCUT2D eigenvalue weighted by Crippen LogP contribution is -2.06. The molecule has 0 atom stereocenters. The number of nitrogens with zero attached hydrogens (tertiary/aromatic N) is 1. The van der Waals surface area contributed by atoms with Crippen LogP contribution in [0.3, 0.4) is 0 Å². The second kappa shape index (κ2) is 6.44. The third-order valence-electron chi connectivity index (χ3n) is 2.92. The highest BCUT2D eigenvalue weighted by Gasteiger charge is 2.31. The fourth-order valence-corrected chi connectivity index (χ4v) is 1.79. The quantitative estimate of drug-likeness (QED) is 0.707. The van der Waals surface area contributed by atoms with Gasteiger partial charge in [0.1, 0.15) is 0 Å². The molecular formula is C16H10F6N. The molecule has 121 valence electrons. The van der Waals surface area contributed by atoms with Crippen LogP contribution in [0.4, 0.5) is 26.3 Å². The Morgan fingerprint density at radius 3 is 2.13 bits per heavy atom. The SMILES string of the molecule is FC(F)(F)c1[c]c(CC=Cc2ccc(C(F)(F)F)cc2)ncc1. The Morgan fingerprint density at radius 2 is 1.57 bits per heavy atom. The lowest BCUT2D eigenvalue weighted by Gasteiger charge is -2.06. The molecule has 0 spiro atoms. The van der Waals surface area contributed by atoms with E-state index in [1.165, 1.54) is 24.3 Å². The molecule has 0 N–H and O–H groups in total. The first-order valence-corrected chi connectivity index (χ1v) is 6.44. The number of hydrogen-bond acceptors (Lipinski definition) is 1. The van der Waals surface area contributed by atoms with Crippen LogP contribution in [0, 0.1) is 6.07 Å². The van der Waals surface area contributed by atoms with Gasteiger partial charge in [0.2, 0.25) is 0 Å². The Bertz CT molecular complexity index is 683. The molecule has 0 bridgehead atoms. The first kappa shape index (κ1) is 17.1. The molecule has 0 saturated carbocycles. The first-order valence-electron chi connectivity index (χ1n) is 6.44. The second-order valence-electron chi connectivity index (χ2n) is 4.65. The molecule has 0 aliphatic carbocycles. The number of allylic oxidation sites excluding steroid dienone is 1. The summed E-state index contributed by atoms with van der Waals surface area (Å²) < 4.78 is 74.8. The van der Waals surface area contributed by atoms with E-state index in [-0.39, 0.29) is 12.1 Å². The topological polar surface area (TPSA) is 12.9 Å². The number of pyridine rings is 1. The van der Waals surface area contributed by atoms with E-state index in [4.69, 9.17) is 0 Å². The van der Waals surface area contributed by atoms with Crippen LogP contribution >= 0.6 is 0 Å². The normalized spacial score (nSPS) is 12.8. The van der Waals surface area contributed by atoms with E-state index in [0.717, 1.165) is 24.4 Å². The molecule has 23 heavy (non-hydrogen) atoms. The highest BCUT2D eigenvalue weighted by molar-refractivity contribution is 5.50. The van der Waals surface area contributed by atoms with Gasteiger partial charge in [0, 0.05) is 18.7 Å². The zero-order chi connectivity index (χ0) is 17.1. The summed E-state index contributed by atoms with van der Waals surface area (Å²) in [7, 11) is 0. The molecule has 0 aliphatic rings. The van der Waals surface area contributed by atoms with Gasteiger partial charge in [-0.3, -0.25) is 4.98 Å². The van der Waals surface area contributed by atoms with Crippen molar-refractivity contribution >= 4 is 6.08 Å². The summed E-state index contributed by atoms with van der Waals surface area (Å²) in [5.74, 6) is 0. The minimum atomic E-state index is -4.49. The van der Waals surface area contributed by atoms with E-state index in [1.807, 2.05) is 0 Å². The van der Waals surface area contributed by atoms with E-state index < -0.39 is 23.5 Å². The summed E-state index contributed by atoms with van der Waals surface area (Å²) in [4.78, 5) is 3.77. The summed E-state index contributed by atoms with van der Waals surface area (Å²) in [6.07, 6.45) is -4.74. The van der Waals surface area contributed by atoms with Gasteiger partial charge in [0.15, 0.2) is 0 Å². The van der Waals surface area contributed by atoms with Gasteiger partial charge in [0.05, 0.1) is 16.8 Å². The average molecular weight is 330 g/mol. The van der Waals surface area contributed by atoms with Crippen molar-refractivity contribution in [3.63, 3.8) is 0 Å². The van der Waals surface area contributed by atoms with Crippen LogP contribution in [0.2, 0.25) is 0 Å². The molecule has 2 rings (SSSR count). The van der Waals surface area contributed by atoms with Crippen molar-refractivity contribution in [2.75, 3.05) is 0 Å². The van der Waals surface area contributed by atoms with Crippen molar-refractivity contribution in [1.82, 2.24) is 4.98 Å². The lowest BCUT2D eigenvalue weighted by molar-refractivity contribution is -0.138. The van der Waals surface area contributed by atoms with Crippen LogP contribution < -0.4 is 0 Å². The largest absolute Gasteiger partial charge is 0.417 e. The predicted molar refractivity (Wildman–Crippen MR) is 72.3 cm³/mol. The maximum Gasteiger partial charge on any atom is 0.417 e. The van der Waals surface area contributed by atoms with Gasteiger partial charge in [-0.05, 0) is 23.8 Å². The molecule has 0 amide bonds. The monoisotopic (exact) mass is 330 g/mol. The van der Waals surface area contributed by atoms with E-state index in [9.17, 15) is 26.3 Å². The van der Waals surface area contributed by atoms with Gasteiger partial charge >= 0.3 is 12.4 Å². The van der Waals surface area contributed by atoms with Crippen LogP contribution in [0.5, 0.6) is 0 Å². The van der Waals surface area contributed by atoms with Crippen LogP contribution in [0.1, 0.15) is 22.4 Å². The van der Waals surface area contributed by atoms with Crippen molar-refractivity contribution in [2.45, 2.75) is 18.8 Å². The van der Waals surface area contributed by atoms with E-state index in [2.05, 4.69) is 11.1 Å². The van der Waals surface area contributed by atoms with Gasteiger partial charge < -0.3 is 0 Å². The highest BCUT2D eigenvalue weighted by atomic mass is 19.4. The minimum Gasteiger partial charge on any atom is -0.260 e. The fourth-order valence-electron chi connectivity index (χ4n) is 1.79. The van der Waals surface area contributed by atoms with Crippen molar-refractivity contribution in [3.8, 4) is 0 Å². The van der Waals surface area contributed by atoms with Crippen LogP contribution in [-0.2, 0) is 18.8 Å². The van der Waals surface area contributed by atoms with Crippen LogP contribution in [0.15, 0.2) is 42.6 Å². The zero-order valence-corrected chi connectivity index (χ0v) is 11.5. The van der Waals surface area contributed by atoms with Crippen molar-refractivity contribution in [1.29, 1.82) is 0 Å². The molecule has 0 fully saturated rings. The number of rotatable bonds is 3. The maximum atomic E-state index is 12.5. The van der Waals surface area contributed by atoms with Crippen LogP contribution in [-0.4, -0.2) is 4.98 Å². The maximum absolute atomic E-state index is 12.5. The Labute approximate surface area is 128 Å². The Morgan fingerprint density at radius 1 is 0.913 bits per heavy atom. The summed E-state index contributed by atoms with van der Waals surface area (Å²) >= 11 is 0. The van der Waals surface area contributed by atoms with Crippen molar-refractivity contribution < 1.29 is 26.3 Å². The van der Waals surface area contributed by atoms with Crippen molar-refractivity contribution in [2.24, 2.45) is 0 Å². The van der Waals surface area contributed by atoms with Gasteiger partial charge in [-0.15, -0.1) is 0 Å². The van der Waals surface area contributed by atoms with E-state index in [1.54, 1.807) is 0 Å². The number of aromatic nitrogens is 1. The smallest absolute Gasteiger partial charge is 0.260 e. The van der Waals surface area contributed by atoms with Crippen LogP contribution in [0.25, 0.3) is 6.08 Å². The minimum absolute atomic E-state index is 0.0882. The molecule has 1 aromatic heterocycles. The first-order chi connectivity index (χ1) is 10.7. The molecule has 1 radical (unpaired) electrons. The Kier molecular flexibility index (Phi) is 4.77. The third kappa shape index (κ3) is 4.84. The lowest BCUT2D eigenvalue weighted by atomic mass is 10.1. The highest BCUT2D eigenvalue weighted by Crippen LogP contribution is 2.30. The van der Waals surface area contributed by atoms with Gasteiger partial charge in [-0.2, -0.15) is 26.3 Å². The molecule has 7 heteroatoms. The summed E-state index contributed by atoms with van der Waals surface area (Å²) in [6.45, 7) is 0. The van der Waals surface area contributed by atoms with E-state index in [0.29, 0.717) is 5.56 Å². The molecule has 0 unspecified atom stereocenters. The summed E-state index contributed by atoms with van der Waals surface area (Å²) in [5.41, 5.74) is -1.07. The second-order valence-corrected chi connectivity index (χ2v) is 4.65. The standard InChI is InChI=1S/C16H10F6N/c17-15(18,19)12-6-4-11(5-7-12)2-1-3-14-10-13(8-9-23-14)16(20,21)22/h1-2,4-9H,3H2. The van der Waals surface area contributed by atoms with Crippen molar-refractivity contribution in [3.05, 3.63) is 71.1 Å². The molecular weight excluding hydrogens is 320 g/mol. The Balaban J connectivity index is 2.05. The van der Waals surface area contributed by atoms with Gasteiger partial charge in [-0.1, -0.05) is 24.3 Å². The molecule has 0 aliphatic heterocycles. The number of halogens is 6. The van der Waals surface area contributed by atoms with Gasteiger partial charge in [0.25, 0.3) is 0 Å². The Hall–Kier alpha value is -2.31. The molecule has 2 aromatic rings. The number of hydrogen-bond donors (Lipinski definition) is 0. The van der Waals surface area contributed by atoms with Gasteiger partial charge in [-0.25, -0.2) is 0 Å². The molecule has 0 saturated heterocycles. The number of alkyl halides is 6. The molecule has 1 nitrogen and oxygen atoms in total. The van der Waals surface area contributed by atoms with E-state index >= 15 is 0 Å². The summed E-state index contributed by atoms with van der Waals surface area (Å²) in [5, 5.41) is 0.